The van der Waals surface area contributed by atoms with Crippen LogP contribution in [0.5, 0.6) is 17.2 Å². The van der Waals surface area contributed by atoms with Gasteiger partial charge in [0.2, 0.25) is 0 Å². The van der Waals surface area contributed by atoms with Gasteiger partial charge in [-0.15, -0.1) is 11.3 Å². The van der Waals surface area contributed by atoms with E-state index in [1.807, 2.05) is 23.6 Å². The fourth-order valence-corrected chi connectivity index (χ4v) is 3.36. The Bertz CT molecular complexity index is 959. The molecule has 1 aliphatic rings. The molecule has 2 aromatic carbocycles. The van der Waals surface area contributed by atoms with E-state index < -0.39 is 0 Å². The summed E-state index contributed by atoms with van der Waals surface area (Å²) >= 11 is 7.16. The molecule has 0 fully saturated rings. The summed E-state index contributed by atoms with van der Waals surface area (Å²) in [5.74, 6) is 1.72. The summed E-state index contributed by atoms with van der Waals surface area (Å²) in [5, 5.41) is 5.73. The van der Waals surface area contributed by atoms with Crippen molar-refractivity contribution in [3.8, 4) is 28.5 Å². The average Bonchev–Trinajstić information content (AvgIpc) is 3.15. The molecule has 3 aromatic rings. The van der Waals surface area contributed by atoms with Crippen LogP contribution in [0.15, 0.2) is 47.8 Å². The van der Waals surface area contributed by atoms with E-state index in [2.05, 4.69) is 10.3 Å². The van der Waals surface area contributed by atoms with Gasteiger partial charge < -0.3 is 14.2 Å². The predicted octanol–water partition coefficient (Wildman–Crippen LogP) is 4.25. The normalized spacial score (nSPS) is 12.5. The first-order valence-corrected chi connectivity index (χ1v) is 9.47. The van der Waals surface area contributed by atoms with Crippen LogP contribution < -0.4 is 19.5 Å². The summed E-state index contributed by atoms with van der Waals surface area (Å²) in [6.07, 6.45) is 0. The van der Waals surface area contributed by atoms with Crippen molar-refractivity contribution in [2.24, 2.45) is 0 Å². The van der Waals surface area contributed by atoms with Crippen LogP contribution in [0.1, 0.15) is 0 Å². The third-order valence-corrected chi connectivity index (χ3v) is 4.78. The monoisotopic (exact) mass is 402 g/mol. The Labute approximate surface area is 164 Å². The molecule has 4 rings (SSSR count). The lowest BCUT2D eigenvalue weighted by Gasteiger charge is -2.18. The minimum absolute atomic E-state index is 0.111. The number of hydrogen-bond donors (Lipinski definition) is 1. The number of amides is 1. The number of nitrogens with zero attached hydrogens (tertiary/aromatic N) is 1. The van der Waals surface area contributed by atoms with Crippen molar-refractivity contribution >= 4 is 34.0 Å². The Hall–Kier alpha value is -2.77. The third kappa shape index (κ3) is 4.32. The molecule has 1 aliphatic heterocycles. The van der Waals surface area contributed by atoms with Gasteiger partial charge in [-0.25, -0.2) is 4.98 Å². The third-order valence-electron chi connectivity index (χ3n) is 3.77. The van der Waals surface area contributed by atoms with E-state index in [1.165, 1.54) is 11.3 Å². The van der Waals surface area contributed by atoms with Crippen LogP contribution in [0.4, 0.5) is 5.13 Å². The molecule has 0 atom stereocenters. The van der Waals surface area contributed by atoms with Gasteiger partial charge in [0.1, 0.15) is 19.0 Å². The number of benzene rings is 2. The molecule has 8 heteroatoms. The summed E-state index contributed by atoms with van der Waals surface area (Å²) in [6.45, 7) is 0.973. The van der Waals surface area contributed by atoms with Crippen LogP contribution in [0.25, 0.3) is 11.3 Å². The Morgan fingerprint density at radius 2 is 1.93 bits per heavy atom. The number of aromatic nitrogens is 1. The molecule has 27 heavy (non-hydrogen) atoms. The van der Waals surface area contributed by atoms with E-state index in [1.54, 1.807) is 24.3 Å². The Kier molecular flexibility index (Phi) is 5.13. The lowest BCUT2D eigenvalue weighted by Crippen LogP contribution is -2.20. The first kappa shape index (κ1) is 17.6. The van der Waals surface area contributed by atoms with Crippen LogP contribution >= 0.6 is 22.9 Å². The number of thiazole rings is 1. The van der Waals surface area contributed by atoms with Crippen LogP contribution in [-0.4, -0.2) is 30.7 Å². The molecule has 0 unspecified atom stereocenters. The van der Waals surface area contributed by atoms with Gasteiger partial charge >= 0.3 is 0 Å². The molecule has 0 aliphatic carbocycles. The van der Waals surface area contributed by atoms with E-state index >= 15 is 0 Å². The highest BCUT2D eigenvalue weighted by Gasteiger charge is 2.14. The lowest BCUT2D eigenvalue weighted by molar-refractivity contribution is -0.118. The highest BCUT2D eigenvalue weighted by Crippen LogP contribution is 2.35. The zero-order valence-corrected chi connectivity index (χ0v) is 15.7. The number of rotatable bonds is 5. The number of hydrogen-bond acceptors (Lipinski definition) is 6. The molecule has 0 saturated heterocycles. The second kappa shape index (κ2) is 7.85. The second-order valence-corrected chi connectivity index (χ2v) is 6.98. The smallest absolute Gasteiger partial charge is 0.264 e. The molecule has 1 aromatic heterocycles. The van der Waals surface area contributed by atoms with Gasteiger partial charge in [-0.1, -0.05) is 11.6 Å². The van der Waals surface area contributed by atoms with E-state index in [0.29, 0.717) is 34.9 Å². The van der Waals surface area contributed by atoms with Crippen molar-refractivity contribution in [2.75, 3.05) is 25.1 Å². The van der Waals surface area contributed by atoms with Crippen molar-refractivity contribution in [1.29, 1.82) is 0 Å². The van der Waals surface area contributed by atoms with Crippen LogP contribution in [0.3, 0.4) is 0 Å². The number of carbonyl (C=O) groups excluding carboxylic acids is 1. The molecule has 0 radical (unpaired) electrons. The van der Waals surface area contributed by atoms with Crippen molar-refractivity contribution in [2.45, 2.75) is 0 Å². The maximum absolute atomic E-state index is 12.1. The maximum Gasteiger partial charge on any atom is 0.264 e. The largest absolute Gasteiger partial charge is 0.486 e. The van der Waals surface area contributed by atoms with Gasteiger partial charge in [0.05, 0.1) is 5.69 Å². The second-order valence-electron chi connectivity index (χ2n) is 5.69. The quantitative estimate of drug-likeness (QED) is 0.690. The summed E-state index contributed by atoms with van der Waals surface area (Å²) in [4.78, 5) is 16.5. The summed E-state index contributed by atoms with van der Waals surface area (Å²) in [5.41, 5.74) is 1.65. The van der Waals surface area contributed by atoms with Crippen molar-refractivity contribution in [1.82, 2.24) is 4.98 Å². The predicted molar refractivity (Wildman–Crippen MR) is 104 cm³/mol. The first-order chi connectivity index (χ1) is 13.2. The number of nitrogens with one attached hydrogen (secondary N) is 1. The SMILES string of the molecule is O=C(COc1ccc(Cl)cc1)Nc1nc(-c2ccc3c(c2)OCCO3)cs1. The zero-order valence-electron chi connectivity index (χ0n) is 14.1. The Balaban J connectivity index is 1.37. The fourth-order valence-electron chi connectivity index (χ4n) is 2.50. The summed E-state index contributed by atoms with van der Waals surface area (Å²) in [7, 11) is 0. The highest BCUT2D eigenvalue weighted by molar-refractivity contribution is 7.14. The molecular formula is C19H15ClN2O4S. The number of anilines is 1. The Morgan fingerprint density at radius 3 is 2.74 bits per heavy atom. The molecule has 1 amide bonds. The molecule has 0 spiro atoms. The van der Waals surface area contributed by atoms with E-state index in [0.717, 1.165) is 17.0 Å². The van der Waals surface area contributed by atoms with Crippen molar-refractivity contribution < 1.29 is 19.0 Å². The van der Waals surface area contributed by atoms with Crippen LogP contribution in [0, 0.1) is 0 Å². The highest BCUT2D eigenvalue weighted by atomic mass is 35.5. The molecule has 2 heterocycles. The average molecular weight is 403 g/mol. The topological polar surface area (TPSA) is 69.7 Å². The number of halogens is 1. The standard InChI is InChI=1S/C19H15ClN2O4S/c20-13-2-4-14(5-3-13)26-10-18(23)22-19-21-15(11-27-19)12-1-6-16-17(9-12)25-8-7-24-16/h1-6,9,11H,7-8,10H2,(H,21,22,23). The first-order valence-electron chi connectivity index (χ1n) is 8.21. The number of carbonyl (C=O) groups is 1. The van der Waals surface area contributed by atoms with Crippen LogP contribution in [0.2, 0.25) is 5.02 Å². The van der Waals surface area contributed by atoms with Gasteiger partial charge in [0.15, 0.2) is 23.2 Å². The molecular weight excluding hydrogens is 388 g/mol. The zero-order chi connectivity index (χ0) is 18.6. The van der Waals surface area contributed by atoms with Crippen molar-refractivity contribution in [3.05, 3.63) is 52.9 Å². The number of ether oxygens (including phenoxy) is 3. The molecule has 1 N–H and O–H groups in total. The van der Waals surface area contributed by atoms with Gasteiger partial charge in [-0.3, -0.25) is 10.1 Å². The minimum Gasteiger partial charge on any atom is -0.486 e. The van der Waals surface area contributed by atoms with Crippen molar-refractivity contribution in [3.63, 3.8) is 0 Å². The Morgan fingerprint density at radius 1 is 1.15 bits per heavy atom. The fraction of sp³-hybridized carbons (Fsp3) is 0.158. The van der Waals surface area contributed by atoms with Gasteiger partial charge in [0, 0.05) is 16.0 Å². The lowest BCUT2D eigenvalue weighted by atomic mass is 10.1. The maximum atomic E-state index is 12.1. The summed E-state index contributed by atoms with van der Waals surface area (Å²) < 4.78 is 16.5. The van der Waals surface area contributed by atoms with E-state index in [4.69, 9.17) is 25.8 Å². The number of fused-ring (bicyclic) bond motifs is 1. The molecule has 0 saturated carbocycles. The van der Waals surface area contributed by atoms with Gasteiger partial charge in [-0.2, -0.15) is 0 Å². The van der Waals surface area contributed by atoms with E-state index in [9.17, 15) is 4.79 Å². The molecule has 6 nitrogen and oxygen atoms in total. The van der Waals surface area contributed by atoms with E-state index in [-0.39, 0.29) is 12.5 Å². The minimum atomic E-state index is -0.284. The van der Waals surface area contributed by atoms with Gasteiger partial charge in [-0.05, 0) is 42.5 Å². The van der Waals surface area contributed by atoms with Crippen LogP contribution in [-0.2, 0) is 4.79 Å². The molecule has 0 bridgehead atoms. The summed E-state index contributed by atoms with van der Waals surface area (Å²) in [6, 6.07) is 12.5. The van der Waals surface area contributed by atoms with Gasteiger partial charge in [0.25, 0.3) is 5.91 Å². The molecule has 138 valence electrons.